The number of hydrogen-bond acceptors (Lipinski definition) is 6. The van der Waals surface area contributed by atoms with E-state index < -0.39 is 34.9 Å². The number of hydrogen-bond donors (Lipinski definition) is 3. The van der Waals surface area contributed by atoms with Gasteiger partial charge in [-0.15, -0.1) is 11.3 Å². The predicted molar refractivity (Wildman–Crippen MR) is 157 cm³/mol. The van der Waals surface area contributed by atoms with Crippen LogP contribution in [0.5, 0.6) is 0 Å². The Morgan fingerprint density at radius 2 is 1.84 bits per heavy atom. The fourth-order valence-electron chi connectivity index (χ4n) is 4.91. The predicted octanol–water partition coefficient (Wildman–Crippen LogP) is 3.64. The van der Waals surface area contributed by atoms with Crippen LogP contribution >= 0.6 is 11.3 Å². The van der Waals surface area contributed by atoms with E-state index in [-0.39, 0.29) is 24.2 Å². The summed E-state index contributed by atoms with van der Waals surface area (Å²) in [5.74, 6) is 1.20. The van der Waals surface area contributed by atoms with Gasteiger partial charge < -0.3 is 16.0 Å². The van der Waals surface area contributed by atoms with Gasteiger partial charge in [0, 0.05) is 47.6 Å². The van der Waals surface area contributed by atoms with E-state index in [1.165, 1.54) is 11.3 Å². The van der Waals surface area contributed by atoms with Crippen LogP contribution in [0.15, 0.2) is 48.0 Å². The Kier molecular flexibility index (Phi) is 8.36. The zero-order valence-electron chi connectivity index (χ0n) is 23.7. The second-order valence-corrected chi connectivity index (χ2v) is 11.1. The molecule has 0 aliphatic heterocycles. The molecule has 2 aromatic heterocycles. The van der Waals surface area contributed by atoms with E-state index in [0.717, 1.165) is 11.8 Å². The number of carbonyl (C=O) groups excluding carboxylic acids is 3. The van der Waals surface area contributed by atoms with Crippen molar-refractivity contribution in [3.63, 3.8) is 0 Å². The lowest BCUT2D eigenvalue weighted by atomic mass is 9.95. The molecule has 0 radical (unpaired) electrons. The maximum absolute atomic E-state index is 15.2. The molecule has 5 rings (SSSR count). The zero-order chi connectivity index (χ0) is 30.7. The molecule has 3 amide bonds. The molecule has 43 heavy (non-hydrogen) atoms. The summed E-state index contributed by atoms with van der Waals surface area (Å²) in [7, 11) is 1.78. The maximum Gasteiger partial charge on any atom is 0.310 e. The minimum absolute atomic E-state index is 0.0365. The van der Waals surface area contributed by atoms with Crippen LogP contribution in [-0.2, 0) is 28.7 Å². The van der Waals surface area contributed by atoms with E-state index in [1.807, 2.05) is 6.92 Å². The van der Waals surface area contributed by atoms with Crippen molar-refractivity contribution in [1.82, 2.24) is 30.7 Å². The van der Waals surface area contributed by atoms with Crippen LogP contribution < -0.4 is 16.0 Å². The van der Waals surface area contributed by atoms with Crippen molar-refractivity contribution in [1.29, 1.82) is 0 Å². The Morgan fingerprint density at radius 3 is 2.51 bits per heavy atom. The molecule has 3 N–H and O–H groups in total. The van der Waals surface area contributed by atoms with Gasteiger partial charge in [-0.3, -0.25) is 19.1 Å². The first-order chi connectivity index (χ1) is 20.6. The zero-order valence-corrected chi connectivity index (χ0v) is 24.5. The van der Waals surface area contributed by atoms with Crippen LogP contribution in [-0.4, -0.2) is 39.0 Å². The molecule has 2 heterocycles. The largest absolute Gasteiger partial charge is 0.344 e. The standard InChI is InChI=1S/C31H28F2N6O3S/c1-18-26(19(2)39(3)38-18)21-15-23(27(33)24(32)16-21)31(10-11-31)37-28(40)22-8-5-4-7-20(22)17-36-30(42)29(41)35-12-6-9-25-34-13-14-43-25/h4-5,7-8,13-16H,10-12,17H2,1-3H3,(H,35,41)(H,36,42)(H,37,40). The third kappa shape index (κ3) is 6.32. The first kappa shape index (κ1) is 29.6. The lowest BCUT2D eigenvalue weighted by molar-refractivity contribution is -0.139. The summed E-state index contributed by atoms with van der Waals surface area (Å²) in [6, 6.07) is 9.28. The van der Waals surface area contributed by atoms with Gasteiger partial charge in [0.15, 0.2) is 16.6 Å². The van der Waals surface area contributed by atoms with E-state index in [0.29, 0.717) is 40.2 Å². The molecule has 0 unspecified atom stereocenters. The molecule has 0 bridgehead atoms. The summed E-state index contributed by atoms with van der Waals surface area (Å²) in [4.78, 5) is 42.0. The number of aromatic nitrogens is 3. The molecule has 1 fully saturated rings. The normalized spacial score (nSPS) is 13.0. The van der Waals surface area contributed by atoms with Crippen LogP contribution in [0.2, 0.25) is 0 Å². The fourth-order valence-corrected chi connectivity index (χ4v) is 5.41. The minimum Gasteiger partial charge on any atom is -0.344 e. The van der Waals surface area contributed by atoms with Crippen LogP contribution in [0.25, 0.3) is 11.1 Å². The van der Waals surface area contributed by atoms with Crippen LogP contribution in [0.1, 0.15) is 50.7 Å². The summed E-state index contributed by atoms with van der Waals surface area (Å²) in [5, 5.41) is 14.6. The Hall–Kier alpha value is -4.89. The number of amides is 3. The highest BCUT2D eigenvalue weighted by molar-refractivity contribution is 7.10. The SMILES string of the molecule is Cc1nn(C)c(C)c1-c1cc(F)c(F)c(C2(NC(=O)c3ccccc3CNC(=O)C(=O)NCC#Cc3nccs3)CC2)c1. The van der Waals surface area contributed by atoms with Crippen molar-refractivity contribution < 1.29 is 23.2 Å². The monoisotopic (exact) mass is 602 g/mol. The third-order valence-electron chi connectivity index (χ3n) is 7.32. The van der Waals surface area contributed by atoms with E-state index in [4.69, 9.17) is 0 Å². The number of aryl methyl sites for hydroxylation is 2. The van der Waals surface area contributed by atoms with Gasteiger partial charge in [-0.05, 0) is 61.9 Å². The molecule has 220 valence electrons. The van der Waals surface area contributed by atoms with Gasteiger partial charge in [0.2, 0.25) is 0 Å². The van der Waals surface area contributed by atoms with Gasteiger partial charge in [0.25, 0.3) is 5.91 Å². The lowest BCUT2D eigenvalue weighted by Gasteiger charge is -2.21. The molecule has 1 saturated carbocycles. The highest BCUT2D eigenvalue weighted by atomic mass is 32.1. The third-order valence-corrected chi connectivity index (χ3v) is 8.01. The van der Waals surface area contributed by atoms with Crippen molar-refractivity contribution in [3.05, 3.63) is 92.7 Å². The molecule has 1 aliphatic rings. The van der Waals surface area contributed by atoms with E-state index in [9.17, 15) is 18.8 Å². The fraction of sp³-hybridized carbons (Fsp3) is 0.258. The Balaban J connectivity index is 1.28. The van der Waals surface area contributed by atoms with E-state index in [1.54, 1.807) is 60.6 Å². The minimum atomic E-state index is -1.09. The lowest BCUT2D eigenvalue weighted by Crippen LogP contribution is -2.40. The molecule has 12 heteroatoms. The van der Waals surface area contributed by atoms with Gasteiger partial charge in [0.1, 0.15) is 0 Å². The van der Waals surface area contributed by atoms with Crippen molar-refractivity contribution >= 4 is 29.1 Å². The number of benzene rings is 2. The van der Waals surface area contributed by atoms with Gasteiger partial charge in [0.05, 0.1) is 17.8 Å². The molecular weight excluding hydrogens is 574 g/mol. The molecule has 0 saturated heterocycles. The van der Waals surface area contributed by atoms with Gasteiger partial charge in [-0.2, -0.15) is 5.10 Å². The first-order valence-electron chi connectivity index (χ1n) is 13.4. The summed E-state index contributed by atoms with van der Waals surface area (Å²) in [6.07, 6.45) is 2.46. The average molecular weight is 603 g/mol. The Morgan fingerprint density at radius 1 is 1.09 bits per heavy atom. The van der Waals surface area contributed by atoms with Crippen LogP contribution in [0.4, 0.5) is 8.78 Å². The second kappa shape index (κ2) is 12.1. The molecular formula is C31H28F2N6O3S. The summed E-state index contributed by atoms with van der Waals surface area (Å²) < 4.78 is 31.8. The maximum atomic E-state index is 15.2. The number of rotatable bonds is 7. The van der Waals surface area contributed by atoms with Crippen molar-refractivity contribution in [2.24, 2.45) is 7.05 Å². The highest BCUT2D eigenvalue weighted by Crippen LogP contribution is 2.48. The smallest absolute Gasteiger partial charge is 0.310 e. The van der Waals surface area contributed by atoms with Gasteiger partial charge in [-0.1, -0.05) is 24.1 Å². The molecule has 1 aliphatic carbocycles. The van der Waals surface area contributed by atoms with E-state index >= 15 is 4.39 Å². The molecule has 9 nitrogen and oxygen atoms in total. The molecule has 0 spiro atoms. The first-order valence-corrected chi connectivity index (χ1v) is 14.3. The van der Waals surface area contributed by atoms with Crippen LogP contribution in [0, 0.1) is 37.3 Å². The number of nitrogens with zero attached hydrogens (tertiary/aromatic N) is 3. The Bertz CT molecular complexity index is 1780. The summed E-state index contributed by atoms with van der Waals surface area (Å²) >= 11 is 1.36. The summed E-state index contributed by atoms with van der Waals surface area (Å²) in [5.41, 5.74) is 2.34. The second-order valence-electron chi connectivity index (χ2n) is 10.2. The molecule has 0 atom stereocenters. The molecule has 4 aromatic rings. The average Bonchev–Trinajstić information content (AvgIpc) is 3.46. The highest BCUT2D eigenvalue weighted by Gasteiger charge is 2.48. The van der Waals surface area contributed by atoms with Crippen molar-refractivity contribution in [2.45, 2.75) is 38.8 Å². The number of nitrogens with one attached hydrogen (secondary N) is 3. The Labute approximate surface area is 250 Å². The van der Waals surface area contributed by atoms with Crippen LogP contribution in [0.3, 0.4) is 0 Å². The van der Waals surface area contributed by atoms with Gasteiger partial charge >= 0.3 is 11.8 Å². The van der Waals surface area contributed by atoms with Crippen molar-refractivity contribution in [2.75, 3.05) is 6.54 Å². The quantitative estimate of drug-likeness (QED) is 0.221. The van der Waals surface area contributed by atoms with E-state index in [2.05, 4.69) is 37.9 Å². The topological polar surface area (TPSA) is 118 Å². The van der Waals surface area contributed by atoms with Crippen molar-refractivity contribution in [3.8, 4) is 23.0 Å². The number of carbonyl (C=O) groups is 3. The number of halogens is 2. The number of thiazole rings is 1. The molecule has 2 aromatic carbocycles. The van der Waals surface area contributed by atoms with Gasteiger partial charge in [-0.25, -0.2) is 13.8 Å². The summed E-state index contributed by atoms with van der Waals surface area (Å²) in [6.45, 7) is 3.51.